The van der Waals surface area contributed by atoms with Crippen molar-refractivity contribution >= 4 is 11.7 Å². The highest BCUT2D eigenvalue weighted by Crippen LogP contribution is 2.33. The van der Waals surface area contributed by atoms with E-state index in [0.717, 1.165) is 18.6 Å². The van der Waals surface area contributed by atoms with Gasteiger partial charge in [-0.25, -0.2) is 10.2 Å². The van der Waals surface area contributed by atoms with Crippen molar-refractivity contribution in [2.24, 2.45) is 22.7 Å². The molecule has 2 atom stereocenters. The van der Waals surface area contributed by atoms with E-state index in [2.05, 4.69) is 24.0 Å². The number of rotatable bonds is 2. The number of nitrogens with two attached hydrogens (primary N) is 1. The zero-order valence-electron chi connectivity index (χ0n) is 8.71. The largest absolute Gasteiger partial charge is 0.350 e. The minimum absolute atomic E-state index is 0.361. The summed E-state index contributed by atoms with van der Waals surface area (Å²) in [5.41, 5.74) is 9.40. The molecule has 0 aromatic carbocycles. The van der Waals surface area contributed by atoms with Gasteiger partial charge in [-0.05, 0) is 25.7 Å². The van der Waals surface area contributed by atoms with Crippen LogP contribution in [0, 0.1) is 11.8 Å². The molecule has 1 rings (SSSR count). The van der Waals surface area contributed by atoms with Gasteiger partial charge in [-0.2, -0.15) is 5.10 Å². The third kappa shape index (κ3) is 2.34. The first kappa shape index (κ1) is 10.8. The van der Waals surface area contributed by atoms with E-state index in [9.17, 15) is 4.79 Å². The molecular formula is C10H17N3O. The third-order valence-electron chi connectivity index (χ3n) is 2.78. The average molecular weight is 195 g/mol. The standard InChI is InChI=1S/C10H17N3O/c1-6(2)8-4-5-9(7(8)3)12-13-10(11)14/h7-8H,1,4-5H2,2-3H3,(H3,11,13,14)/b12-9+/t7-,8-/m0/s1. The molecule has 1 fully saturated rings. The fourth-order valence-electron chi connectivity index (χ4n) is 1.97. The van der Waals surface area contributed by atoms with Gasteiger partial charge >= 0.3 is 6.03 Å². The molecule has 3 N–H and O–H groups in total. The highest BCUT2D eigenvalue weighted by molar-refractivity contribution is 5.90. The Morgan fingerprint density at radius 1 is 1.71 bits per heavy atom. The lowest BCUT2D eigenvalue weighted by Gasteiger charge is -2.14. The Balaban J connectivity index is 2.63. The zero-order valence-corrected chi connectivity index (χ0v) is 8.71. The lowest BCUT2D eigenvalue weighted by molar-refractivity contribution is 0.249. The summed E-state index contributed by atoms with van der Waals surface area (Å²) in [6, 6.07) is -0.608. The molecule has 14 heavy (non-hydrogen) atoms. The average Bonchev–Trinajstić information content (AvgIpc) is 2.43. The molecule has 0 unspecified atom stereocenters. The van der Waals surface area contributed by atoms with E-state index in [0.29, 0.717) is 11.8 Å². The van der Waals surface area contributed by atoms with Gasteiger partial charge in [0.2, 0.25) is 0 Å². The highest BCUT2D eigenvalue weighted by atomic mass is 16.2. The van der Waals surface area contributed by atoms with Crippen LogP contribution < -0.4 is 11.2 Å². The highest BCUT2D eigenvalue weighted by Gasteiger charge is 2.29. The van der Waals surface area contributed by atoms with Crippen molar-refractivity contribution in [1.29, 1.82) is 0 Å². The monoisotopic (exact) mass is 195 g/mol. The third-order valence-corrected chi connectivity index (χ3v) is 2.78. The van der Waals surface area contributed by atoms with Gasteiger partial charge in [0.15, 0.2) is 0 Å². The van der Waals surface area contributed by atoms with Crippen LogP contribution in [0.3, 0.4) is 0 Å². The molecule has 0 radical (unpaired) electrons. The molecule has 4 heteroatoms. The van der Waals surface area contributed by atoms with E-state index in [1.54, 1.807) is 0 Å². The molecule has 0 saturated heterocycles. The van der Waals surface area contributed by atoms with Crippen LogP contribution in [0.4, 0.5) is 4.79 Å². The second-order valence-electron chi connectivity index (χ2n) is 3.86. The summed E-state index contributed by atoms with van der Waals surface area (Å²) in [4.78, 5) is 10.5. The lowest BCUT2D eigenvalue weighted by atomic mass is 9.91. The number of allylic oxidation sites excluding steroid dienone is 1. The van der Waals surface area contributed by atoms with Gasteiger partial charge in [-0.15, -0.1) is 0 Å². The Kier molecular flexibility index (Phi) is 3.28. The smallest absolute Gasteiger partial charge is 0.332 e. The van der Waals surface area contributed by atoms with E-state index in [4.69, 9.17) is 5.73 Å². The van der Waals surface area contributed by atoms with Crippen LogP contribution >= 0.6 is 0 Å². The SMILES string of the molecule is C=C(C)[C@@H]1CC/C(=N\NC(N)=O)[C@H]1C. The number of urea groups is 1. The van der Waals surface area contributed by atoms with Crippen molar-refractivity contribution < 1.29 is 4.79 Å². The van der Waals surface area contributed by atoms with Gasteiger partial charge in [0, 0.05) is 11.6 Å². The Labute approximate surface area is 84.2 Å². The number of hydrogen-bond acceptors (Lipinski definition) is 2. The maximum Gasteiger partial charge on any atom is 0.332 e. The van der Waals surface area contributed by atoms with Gasteiger partial charge in [-0.1, -0.05) is 19.1 Å². The zero-order chi connectivity index (χ0) is 10.7. The molecule has 78 valence electrons. The van der Waals surface area contributed by atoms with Crippen molar-refractivity contribution in [3.05, 3.63) is 12.2 Å². The number of hydrazone groups is 1. The topological polar surface area (TPSA) is 67.5 Å². The van der Waals surface area contributed by atoms with Crippen molar-refractivity contribution in [3.8, 4) is 0 Å². The number of carbonyl (C=O) groups excluding carboxylic acids is 1. The number of amides is 2. The predicted molar refractivity (Wildman–Crippen MR) is 56.9 cm³/mol. The number of carbonyl (C=O) groups is 1. The maximum absolute atomic E-state index is 10.5. The lowest BCUT2D eigenvalue weighted by Crippen LogP contribution is -2.26. The number of hydrogen-bond donors (Lipinski definition) is 2. The summed E-state index contributed by atoms with van der Waals surface area (Å²) < 4.78 is 0. The molecule has 0 spiro atoms. The Hall–Kier alpha value is -1.32. The fraction of sp³-hybridized carbons (Fsp3) is 0.600. The van der Waals surface area contributed by atoms with E-state index in [-0.39, 0.29) is 0 Å². The predicted octanol–water partition coefficient (Wildman–Crippen LogP) is 1.63. The summed E-state index contributed by atoms with van der Waals surface area (Å²) in [6.45, 7) is 8.09. The molecule has 0 heterocycles. The van der Waals surface area contributed by atoms with Crippen LogP contribution in [-0.4, -0.2) is 11.7 Å². The summed E-state index contributed by atoms with van der Waals surface area (Å²) in [7, 11) is 0. The van der Waals surface area contributed by atoms with Crippen LogP contribution in [0.1, 0.15) is 26.7 Å². The van der Waals surface area contributed by atoms with Crippen LogP contribution in [0.5, 0.6) is 0 Å². The maximum atomic E-state index is 10.5. The van der Waals surface area contributed by atoms with Crippen LogP contribution in [0.2, 0.25) is 0 Å². The van der Waals surface area contributed by atoms with Gasteiger partial charge in [0.1, 0.15) is 0 Å². The number of nitrogens with one attached hydrogen (secondary N) is 1. The van der Waals surface area contributed by atoms with Crippen LogP contribution in [0.15, 0.2) is 17.3 Å². The van der Waals surface area contributed by atoms with Crippen molar-refractivity contribution in [2.75, 3.05) is 0 Å². The van der Waals surface area contributed by atoms with Gasteiger partial charge in [-0.3, -0.25) is 0 Å². The van der Waals surface area contributed by atoms with Crippen molar-refractivity contribution in [3.63, 3.8) is 0 Å². The number of primary amides is 1. The molecule has 2 amide bonds. The first-order valence-electron chi connectivity index (χ1n) is 4.79. The van der Waals surface area contributed by atoms with E-state index in [1.165, 1.54) is 5.57 Å². The van der Waals surface area contributed by atoms with E-state index in [1.807, 2.05) is 6.92 Å². The van der Waals surface area contributed by atoms with Crippen molar-refractivity contribution in [1.82, 2.24) is 5.43 Å². The van der Waals surface area contributed by atoms with Gasteiger partial charge < -0.3 is 5.73 Å². The van der Waals surface area contributed by atoms with Crippen LogP contribution in [-0.2, 0) is 0 Å². The fourth-order valence-corrected chi connectivity index (χ4v) is 1.97. The normalized spacial score (nSPS) is 29.1. The molecule has 1 aliphatic rings. The molecule has 1 aliphatic carbocycles. The molecule has 0 bridgehead atoms. The minimum atomic E-state index is -0.608. The second-order valence-corrected chi connectivity index (χ2v) is 3.86. The molecule has 0 aromatic heterocycles. The first-order valence-corrected chi connectivity index (χ1v) is 4.79. The van der Waals surface area contributed by atoms with Gasteiger partial charge in [0.05, 0.1) is 0 Å². The Morgan fingerprint density at radius 2 is 2.36 bits per heavy atom. The number of nitrogens with zero attached hydrogens (tertiary/aromatic N) is 1. The molecule has 0 aromatic rings. The summed E-state index contributed by atoms with van der Waals surface area (Å²) in [6.07, 6.45) is 1.98. The van der Waals surface area contributed by atoms with E-state index < -0.39 is 6.03 Å². The summed E-state index contributed by atoms with van der Waals surface area (Å²) in [5, 5.41) is 3.99. The molecule has 1 saturated carbocycles. The Morgan fingerprint density at radius 3 is 2.79 bits per heavy atom. The minimum Gasteiger partial charge on any atom is -0.350 e. The van der Waals surface area contributed by atoms with Crippen molar-refractivity contribution in [2.45, 2.75) is 26.7 Å². The Bertz CT molecular complexity index is 283. The van der Waals surface area contributed by atoms with E-state index >= 15 is 0 Å². The summed E-state index contributed by atoms with van der Waals surface area (Å²) in [5.74, 6) is 0.850. The van der Waals surface area contributed by atoms with Crippen LogP contribution in [0.25, 0.3) is 0 Å². The molecule has 4 nitrogen and oxygen atoms in total. The molecular weight excluding hydrogens is 178 g/mol. The van der Waals surface area contributed by atoms with Gasteiger partial charge in [0.25, 0.3) is 0 Å². The molecule has 0 aliphatic heterocycles. The first-order chi connectivity index (χ1) is 6.52. The quantitative estimate of drug-likeness (QED) is 0.510. The summed E-state index contributed by atoms with van der Waals surface area (Å²) >= 11 is 0. The second kappa shape index (κ2) is 4.26.